The third-order valence-electron chi connectivity index (χ3n) is 3.62. The molecule has 1 saturated heterocycles. The van der Waals surface area contributed by atoms with Gasteiger partial charge in [0.15, 0.2) is 11.5 Å². The van der Waals surface area contributed by atoms with Crippen molar-refractivity contribution < 1.29 is 14.2 Å². The van der Waals surface area contributed by atoms with E-state index in [-0.39, 0.29) is 10.9 Å². The van der Waals surface area contributed by atoms with E-state index in [0.717, 1.165) is 24.5 Å². The molecule has 4 heteroatoms. The molecule has 0 saturated carbocycles. The topological polar surface area (TPSA) is 27.7 Å². The fourth-order valence-electron chi connectivity index (χ4n) is 2.51. The Morgan fingerprint density at radius 3 is 2.67 bits per heavy atom. The quantitative estimate of drug-likeness (QED) is 0.784. The molecule has 0 aliphatic carbocycles. The molecule has 3 rings (SSSR count). The smallest absolute Gasteiger partial charge is 0.161 e. The summed E-state index contributed by atoms with van der Waals surface area (Å²) in [5.41, 5.74) is 1.19. The zero-order valence-corrected chi connectivity index (χ0v) is 12.0. The molecule has 1 fully saturated rings. The Balaban J connectivity index is 1.83. The predicted octanol–water partition coefficient (Wildman–Crippen LogP) is 3.32. The largest absolute Gasteiger partial charge is 0.486 e. The molecule has 3 nitrogen and oxygen atoms in total. The standard InChI is InChI=1S/C14H17BrO3/c1-9-4-5-18-14(9)13(15)10-2-3-11-12(8-10)17-7-6-16-11/h2-3,8-9,13-14H,4-7H2,1H3. The maximum absolute atomic E-state index is 5.81. The normalized spacial score (nSPS) is 28.1. The van der Waals surface area contributed by atoms with Crippen LogP contribution in [0.1, 0.15) is 23.7 Å². The molecular formula is C14H17BrO3. The summed E-state index contributed by atoms with van der Waals surface area (Å²) in [6.07, 6.45) is 1.38. The minimum atomic E-state index is 0.214. The second-order valence-corrected chi connectivity index (χ2v) is 5.89. The molecule has 18 heavy (non-hydrogen) atoms. The summed E-state index contributed by atoms with van der Waals surface area (Å²) in [5.74, 6) is 2.27. The molecule has 2 aliphatic heterocycles. The zero-order valence-electron chi connectivity index (χ0n) is 10.4. The lowest BCUT2D eigenvalue weighted by atomic mass is 9.97. The van der Waals surface area contributed by atoms with Crippen molar-refractivity contribution in [3.63, 3.8) is 0 Å². The number of halogens is 1. The molecule has 0 aromatic heterocycles. The van der Waals surface area contributed by atoms with Gasteiger partial charge in [0.1, 0.15) is 13.2 Å². The van der Waals surface area contributed by atoms with Gasteiger partial charge < -0.3 is 14.2 Å². The third-order valence-corrected chi connectivity index (χ3v) is 4.67. The van der Waals surface area contributed by atoms with Crippen molar-refractivity contribution in [2.45, 2.75) is 24.3 Å². The minimum absolute atomic E-state index is 0.214. The van der Waals surface area contributed by atoms with Crippen LogP contribution in [-0.2, 0) is 4.74 Å². The van der Waals surface area contributed by atoms with Crippen molar-refractivity contribution in [3.05, 3.63) is 23.8 Å². The van der Waals surface area contributed by atoms with Crippen molar-refractivity contribution in [2.75, 3.05) is 19.8 Å². The van der Waals surface area contributed by atoms with Gasteiger partial charge in [-0.05, 0) is 30.0 Å². The molecule has 0 N–H and O–H groups in total. The monoisotopic (exact) mass is 312 g/mol. The summed E-state index contributed by atoms with van der Waals surface area (Å²) in [7, 11) is 0. The minimum Gasteiger partial charge on any atom is -0.486 e. The fourth-order valence-corrected chi connectivity index (χ4v) is 3.47. The van der Waals surface area contributed by atoms with Gasteiger partial charge in [-0.1, -0.05) is 28.9 Å². The van der Waals surface area contributed by atoms with E-state index in [4.69, 9.17) is 14.2 Å². The van der Waals surface area contributed by atoms with Crippen LogP contribution in [0.15, 0.2) is 18.2 Å². The molecular weight excluding hydrogens is 296 g/mol. The van der Waals surface area contributed by atoms with Gasteiger partial charge in [-0.2, -0.15) is 0 Å². The molecule has 1 aromatic carbocycles. The van der Waals surface area contributed by atoms with Gasteiger partial charge in [-0.3, -0.25) is 0 Å². The summed E-state index contributed by atoms with van der Waals surface area (Å²) in [6.45, 7) is 4.36. The number of alkyl halides is 1. The van der Waals surface area contributed by atoms with Gasteiger partial charge in [-0.15, -0.1) is 0 Å². The molecule has 0 radical (unpaired) electrons. The summed E-state index contributed by atoms with van der Waals surface area (Å²) in [6, 6.07) is 6.13. The number of hydrogen-bond acceptors (Lipinski definition) is 3. The number of fused-ring (bicyclic) bond motifs is 1. The Kier molecular flexibility index (Phi) is 3.48. The molecule has 98 valence electrons. The average molecular weight is 313 g/mol. The predicted molar refractivity (Wildman–Crippen MR) is 72.6 cm³/mol. The Morgan fingerprint density at radius 1 is 1.17 bits per heavy atom. The van der Waals surface area contributed by atoms with E-state index < -0.39 is 0 Å². The van der Waals surface area contributed by atoms with Crippen LogP contribution in [0, 0.1) is 5.92 Å². The van der Waals surface area contributed by atoms with Crippen LogP contribution in [0.2, 0.25) is 0 Å². The Labute approximate surface area is 116 Å². The Hall–Kier alpha value is -0.740. The maximum Gasteiger partial charge on any atom is 0.161 e. The van der Waals surface area contributed by atoms with E-state index in [0.29, 0.717) is 19.1 Å². The second-order valence-electron chi connectivity index (χ2n) is 4.91. The third kappa shape index (κ3) is 2.24. The van der Waals surface area contributed by atoms with Crippen LogP contribution in [0.25, 0.3) is 0 Å². The van der Waals surface area contributed by atoms with Crippen molar-refractivity contribution in [1.29, 1.82) is 0 Å². The maximum atomic E-state index is 5.81. The van der Waals surface area contributed by atoms with Crippen molar-refractivity contribution in [1.82, 2.24) is 0 Å². The molecule has 3 atom stereocenters. The number of hydrogen-bond donors (Lipinski definition) is 0. The summed E-state index contributed by atoms with van der Waals surface area (Å²) in [5, 5.41) is 0. The molecule has 0 bridgehead atoms. The van der Waals surface area contributed by atoms with Gasteiger partial charge in [0.2, 0.25) is 0 Å². The van der Waals surface area contributed by atoms with Crippen LogP contribution in [0.4, 0.5) is 0 Å². The summed E-state index contributed by atoms with van der Waals surface area (Å²) >= 11 is 3.76. The highest BCUT2D eigenvalue weighted by molar-refractivity contribution is 9.09. The first-order chi connectivity index (χ1) is 8.75. The average Bonchev–Trinajstić information content (AvgIpc) is 2.83. The Bertz CT molecular complexity index is 435. The van der Waals surface area contributed by atoms with Crippen LogP contribution in [0.3, 0.4) is 0 Å². The van der Waals surface area contributed by atoms with Crippen molar-refractivity contribution in [3.8, 4) is 11.5 Å². The lowest BCUT2D eigenvalue weighted by Crippen LogP contribution is -2.20. The molecule has 2 heterocycles. The fraction of sp³-hybridized carbons (Fsp3) is 0.571. The van der Waals surface area contributed by atoms with Crippen LogP contribution in [-0.4, -0.2) is 25.9 Å². The van der Waals surface area contributed by atoms with Gasteiger partial charge in [-0.25, -0.2) is 0 Å². The van der Waals surface area contributed by atoms with Gasteiger partial charge in [0, 0.05) is 6.61 Å². The van der Waals surface area contributed by atoms with Crippen molar-refractivity contribution in [2.24, 2.45) is 5.92 Å². The Morgan fingerprint density at radius 2 is 1.94 bits per heavy atom. The lowest BCUT2D eigenvalue weighted by Gasteiger charge is -2.24. The summed E-state index contributed by atoms with van der Waals surface area (Å²) in [4.78, 5) is 0.214. The summed E-state index contributed by atoms with van der Waals surface area (Å²) < 4.78 is 17.0. The lowest BCUT2D eigenvalue weighted by molar-refractivity contribution is 0.0933. The first-order valence-corrected chi connectivity index (χ1v) is 7.32. The van der Waals surface area contributed by atoms with Crippen LogP contribution in [0.5, 0.6) is 11.5 Å². The van der Waals surface area contributed by atoms with Gasteiger partial charge in [0.05, 0.1) is 10.9 Å². The van der Waals surface area contributed by atoms with E-state index in [2.05, 4.69) is 35.0 Å². The first kappa shape index (κ1) is 12.3. The van der Waals surface area contributed by atoms with E-state index in [1.165, 1.54) is 5.56 Å². The van der Waals surface area contributed by atoms with Gasteiger partial charge >= 0.3 is 0 Å². The van der Waals surface area contributed by atoms with Crippen molar-refractivity contribution >= 4 is 15.9 Å². The van der Waals surface area contributed by atoms with Crippen LogP contribution >= 0.6 is 15.9 Å². The van der Waals surface area contributed by atoms with E-state index in [1.807, 2.05) is 6.07 Å². The number of rotatable bonds is 2. The molecule has 0 amide bonds. The highest BCUT2D eigenvalue weighted by Gasteiger charge is 2.32. The van der Waals surface area contributed by atoms with E-state index in [1.54, 1.807) is 0 Å². The molecule has 0 spiro atoms. The van der Waals surface area contributed by atoms with Gasteiger partial charge in [0.25, 0.3) is 0 Å². The number of ether oxygens (including phenoxy) is 3. The first-order valence-electron chi connectivity index (χ1n) is 6.41. The SMILES string of the molecule is CC1CCOC1C(Br)c1ccc2c(c1)OCCO2. The second kappa shape index (κ2) is 5.10. The highest BCUT2D eigenvalue weighted by atomic mass is 79.9. The highest BCUT2D eigenvalue weighted by Crippen LogP contribution is 2.40. The van der Waals surface area contributed by atoms with E-state index in [9.17, 15) is 0 Å². The molecule has 3 unspecified atom stereocenters. The zero-order chi connectivity index (χ0) is 12.5. The molecule has 2 aliphatic rings. The van der Waals surface area contributed by atoms with E-state index >= 15 is 0 Å². The number of benzene rings is 1. The van der Waals surface area contributed by atoms with Crippen LogP contribution < -0.4 is 9.47 Å². The molecule has 1 aromatic rings.